The second-order valence-corrected chi connectivity index (χ2v) is 4.57. The van der Waals surface area contributed by atoms with Gasteiger partial charge in [0.2, 0.25) is 0 Å². The van der Waals surface area contributed by atoms with Crippen molar-refractivity contribution in [1.29, 1.82) is 5.26 Å². The number of halogens is 1. The predicted molar refractivity (Wildman–Crippen MR) is 65.1 cm³/mol. The molecule has 2 rings (SSSR count). The average molecular weight is 252 g/mol. The van der Waals surface area contributed by atoms with Crippen LogP contribution in [0.1, 0.15) is 18.4 Å². The highest BCUT2D eigenvalue weighted by Gasteiger charge is 2.20. The zero-order chi connectivity index (χ0) is 12.3. The smallest absolute Gasteiger partial charge is 0.150 e. The number of ether oxygens (including phenoxy) is 1. The van der Waals surface area contributed by atoms with Gasteiger partial charge in [-0.3, -0.25) is 0 Å². The molecule has 0 amide bonds. The van der Waals surface area contributed by atoms with Crippen LogP contribution in [0.3, 0.4) is 0 Å². The third kappa shape index (κ3) is 2.87. The maximum Gasteiger partial charge on any atom is 0.150 e. The van der Waals surface area contributed by atoms with Crippen molar-refractivity contribution in [3.63, 3.8) is 0 Å². The van der Waals surface area contributed by atoms with Gasteiger partial charge < -0.3 is 9.64 Å². The Balaban J connectivity index is 2.09. The predicted octanol–water partition coefficient (Wildman–Crippen LogP) is 2.08. The molecule has 0 N–H and O–H groups in total. The Morgan fingerprint density at radius 1 is 1.53 bits per heavy atom. The van der Waals surface area contributed by atoms with Crippen LogP contribution in [0.4, 0.5) is 0 Å². The van der Waals surface area contributed by atoms with E-state index >= 15 is 0 Å². The number of nitrogens with zero attached hydrogens (tertiary/aromatic N) is 3. The molecule has 1 aromatic rings. The fourth-order valence-electron chi connectivity index (χ4n) is 1.90. The van der Waals surface area contributed by atoms with Crippen LogP contribution in [0.25, 0.3) is 0 Å². The maximum absolute atomic E-state index is 9.01. The molecule has 90 valence electrons. The Labute approximate surface area is 106 Å². The number of hydrogen-bond donors (Lipinski definition) is 0. The lowest BCUT2D eigenvalue weighted by Crippen LogP contribution is -2.35. The number of piperidine rings is 1. The molecular formula is C12H14ClN3O. The molecule has 0 radical (unpaired) electrons. The summed E-state index contributed by atoms with van der Waals surface area (Å²) in [5, 5.41) is 9.21. The topological polar surface area (TPSA) is 49.1 Å². The van der Waals surface area contributed by atoms with Crippen molar-refractivity contribution in [3.05, 3.63) is 23.0 Å². The molecule has 1 aliphatic heterocycles. The Bertz CT molecular complexity index is 436. The van der Waals surface area contributed by atoms with E-state index in [0.29, 0.717) is 11.3 Å². The Morgan fingerprint density at radius 3 is 2.88 bits per heavy atom. The minimum Gasteiger partial charge on any atom is -0.489 e. The fraction of sp³-hybridized carbons (Fsp3) is 0.500. The Kier molecular flexibility index (Phi) is 3.82. The summed E-state index contributed by atoms with van der Waals surface area (Å²) in [6.45, 7) is 2.04. The zero-order valence-electron chi connectivity index (χ0n) is 9.69. The molecule has 1 saturated heterocycles. The first-order chi connectivity index (χ1) is 8.20. The van der Waals surface area contributed by atoms with E-state index in [2.05, 4.69) is 16.9 Å². The van der Waals surface area contributed by atoms with Crippen LogP contribution in [0.2, 0.25) is 5.15 Å². The lowest BCUT2D eigenvalue weighted by molar-refractivity contribution is 0.114. The highest BCUT2D eigenvalue weighted by molar-refractivity contribution is 6.30. The van der Waals surface area contributed by atoms with Gasteiger partial charge in [0, 0.05) is 19.3 Å². The highest BCUT2D eigenvalue weighted by atomic mass is 35.5. The molecule has 0 aromatic carbocycles. The molecule has 0 atom stereocenters. The van der Waals surface area contributed by atoms with Gasteiger partial charge in [-0.05, 0) is 26.0 Å². The summed E-state index contributed by atoms with van der Waals surface area (Å²) in [7, 11) is 2.10. The number of rotatable bonds is 2. The summed E-state index contributed by atoms with van der Waals surface area (Å²) >= 11 is 5.85. The summed E-state index contributed by atoms with van der Waals surface area (Å²) in [5.41, 5.74) is 0.327. The SMILES string of the molecule is CN1CCC(Oc2ccnc(Cl)c2C#N)CC1. The molecule has 1 aromatic heterocycles. The summed E-state index contributed by atoms with van der Waals surface area (Å²) in [6.07, 6.45) is 3.67. The second-order valence-electron chi connectivity index (χ2n) is 4.21. The average Bonchev–Trinajstić information content (AvgIpc) is 2.32. The van der Waals surface area contributed by atoms with Gasteiger partial charge in [0.1, 0.15) is 23.5 Å². The van der Waals surface area contributed by atoms with Crippen molar-refractivity contribution in [2.45, 2.75) is 18.9 Å². The molecule has 0 unspecified atom stereocenters. The van der Waals surface area contributed by atoms with Gasteiger partial charge in [0.25, 0.3) is 0 Å². The lowest BCUT2D eigenvalue weighted by Gasteiger charge is -2.29. The van der Waals surface area contributed by atoms with Crippen LogP contribution in [0, 0.1) is 11.3 Å². The lowest BCUT2D eigenvalue weighted by atomic mass is 10.1. The van der Waals surface area contributed by atoms with Crippen LogP contribution >= 0.6 is 11.6 Å². The van der Waals surface area contributed by atoms with Gasteiger partial charge in [-0.15, -0.1) is 0 Å². The maximum atomic E-state index is 9.01. The van der Waals surface area contributed by atoms with Crippen molar-refractivity contribution in [3.8, 4) is 11.8 Å². The van der Waals surface area contributed by atoms with E-state index in [1.54, 1.807) is 12.3 Å². The van der Waals surface area contributed by atoms with Crippen LogP contribution in [-0.2, 0) is 0 Å². The molecule has 0 bridgehead atoms. The molecule has 1 fully saturated rings. The molecule has 17 heavy (non-hydrogen) atoms. The molecule has 0 aliphatic carbocycles. The van der Waals surface area contributed by atoms with Gasteiger partial charge in [0.05, 0.1) is 0 Å². The van der Waals surface area contributed by atoms with Crippen LogP contribution in [-0.4, -0.2) is 36.1 Å². The molecule has 0 saturated carbocycles. The molecule has 4 nitrogen and oxygen atoms in total. The molecule has 1 aliphatic rings. The van der Waals surface area contributed by atoms with E-state index < -0.39 is 0 Å². The number of nitriles is 1. The van der Waals surface area contributed by atoms with Gasteiger partial charge >= 0.3 is 0 Å². The first kappa shape index (κ1) is 12.2. The monoisotopic (exact) mass is 251 g/mol. The minimum atomic E-state index is 0.164. The number of hydrogen-bond acceptors (Lipinski definition) is 4. The minimum absolute atomic E-state index is 0.164. The highest BCUT2D eigenvalue weighted by Crippen LogP contribution is 2.26. The van der Waals surface area contributed by atoms with Crippen molar-refractivity contribution in [1.82, 2.24) is 9.88 Å². The van der Waals surface area contributed by atoms with Crippen LogP contribution in [0.5, 0.6) is 5.75 Å². The largest absolute Gasteiger partial charge is 0.489 e. The second kappa shape index (κ2) is 5.35. The van der Waals surface area contributed by atoms with E-state index in [-0.39, 0.29) is 11.3 Å². The molecule has 5 heteroatoms. The summed E-state index contributed by atoms with van der Waals surface area (Å²) in [6, 6.07) is 3.73. The molecule has 0 spiro atoms. The Hall–Kier alpha value is -1.31. The van der Waals surface area contributed by atoms with Gasteiger partial charge in [-0.25, -0.2) is 4.98 Å². The van der Waals surface area contributed by atoms with E-state index in [1.807, 2.05) is 6.07 Å². The van der Waals surface area contributed by atoms with E-state index in [1.165, 1.54) is 0 Å². The third-order valence-electron chi connectivity index (χ3n) is 2.94. The van der Waals surface area contributed by atoms with Crippen LogP contribution < -0.4 is 4.74 Å². The zero-order valence-corrected chi connectivity index (χ0v) is 10.4. The van der Waals surface area contributed by atoms with Crippen molar-refractivity contribution in [2.24, 2.45) is 0 Å². The normalized spacial score (nSPS) is 17.7. The summed E-state index contributed by atoms with van der Waals surface area (Å²) < 4.78 is 5.83. The van der Waals surface area contributed by atoms with E-state index in [4.69, 9.17) is 21.6 Å². The molecule has 2 heterocycles. The van der Waals surface area contributed by atoms with E-state index in [9.17, 15) is 0 Å². The summed E-state index contributed by atoms with van der Waals surface area (Å²) in [5.74, 6) is 0.544. The standard InChI is InChI=1S/C12H14ClN3O/c1-16-6-3-9(4-7-16)17-11-2-5-15-12(13)10(11)8-14/h2,5,9H,3-4,6-7H2,1H3. The van der Waals surface area contributed by atoms with Gasteiger partial charge in [-0.2, -0.15) is 5.26 Å². The van der Waals surface area contributed by atoms with Crippen molar-refractivity contribution < 1.29 is 4.74 Å². The number of aromatic nitrogens is 1. The molecular weight excluding hydrogens is 238 g/mol. The van der Waals surface area contributed by atoms with E-state index in [0.717, 1.165) is 25.9 Å². The Morgan fingerprint density at radius 2 is 2.24 bits per heavy atom. The first-order valence-electron chi connectivity index (χ1n) is 5.60. The fourth-order valence-corrected chi connectivity index (χ4v) is 2.09. The number of pyridine rings is 1. The van der Waals surface area contributed by atoms with Crippen molar-refractivity contribution in [2.75, 3.05) is 20.1 Å². The third-order valence-corrected chi connectivity index (χ3v) is 3.22. The summed E-state index contributed by atoms with van der Waals surface area (Å²) in [4.78, 5) is 6.14. The number of likely N-dealkylation sites (tertiary alicyclic amines) is 1. The van der Waals surface area contributed by atoms with Gasteiger partial charge in [-0.1, -0.05) is 11.6 Å². The quantitative estimate of drug-likeness (QED) is 0.755. The van der Waals surface area contributed by atoms with Crippen molar-refractivity contribution >= 4 is 11.6 Å². The van der Waals surface area contributed by atoms with Gasteiger partial charge in [0.15, 0.2) is 5.15 Å². The van der Waals surface area contributed by atoms with Crippen LogP contribution in [0.15, 0.2) is 12.3 Å². The first-order valence-corrected chi connectivity index (χ1v) is 5.98.